The van der Waals surface area contributed by atoms with E-state index in [-0.39, 0.29) is 12.4 Å². The van der Waals surface area contributed by atoms with Gasteiger partial charge in [-0.2, -0.15) is 0 Å². The van der Waals surface area contributed by atoms with Crippen molar-refractivity contribution < 1.29 is 9.53 Å². The molecule has 5 nitrogen and oxygen atoms in total. The second-order valence-electron chi connectivity index (χ2n) is 6.97. The summed E-state index contributed by atoms with van der Waals surface area (Å²) in [4.78, 5) is 20.0. The van der Waals surface area contributed by atoms with E-state index in [0.29, 0.717) is 24.3 Å². The number of amides is 1. The Labute approximate surface area is 164 Å². The summed E-state index contributed by atoms with van der Waals surface area (Å²) < 4.78 is 5.52. The number of piperidine rings is 3. The van der Waals surface area contributed by atoms with E-state index in [1.807, 2.05) is 18.2 Å². The van der Waals surface area contributed by atoms with Crippen molar-refractivity contribution >= 4 is 35.7 Å². The largest absolute Gasteiger partial charge is 0.449 e. The van der Waals surface area contributed by atoms with Crippen molar-refractivity contribution in [2.24, 2.45) is 11.8 Å². The van der Waals surface area contributed by atoms with Crippen molar-refractivity contribution in [1.29, 1.82) is 0 Å². The number of carbonyl (C=O) groups excluding carboxylic acids is 1. The van der Waals surface area contributed by atoms with E-state index in [0.717, 1.165) is 22.5 Å². The molecule has 1 N–H and O–H groups in total. The third kappa shape index (κ3) is 4.03. The average Bonchev–Trinajstić information content (AvgIpc) is 3.09. The number of aryl methyl sites for hydroxylation is 1. The zero-order chi connectivity index (χ0) is 17.2. The number of hydrogen-bond donors (Lipinski definition) is 1. The highest BCUT2D eigenvalue weighted by Gasteiger charge is 2.34. The highest BCUT2D eigenvalue weighted by atomic mass is 35.5. The number of aromatic nitrogens is 1. The SMILES string of the molecule is Cc1ccccc1-c1scnc1NC(=O)OCC1CN2CCC1CC2.Cl. The molecule has 7 heteroatoms. The summed E-state index contributed by atoms with van der Waals surface area (Å²) in [5.41, 5.74) is 4.01. The monoisotopic (exact) mass is 393 g/mol. The van der Waals surface area contributed by atoms with Crippen molar-refractivity contribution in [3.8, 4) is 10.4 Å². The highest BCUT2D eigenvalue weighted by molar-refractivity contribution is 7.13. The lowest BCUT2D eigenvalue weighted by Gasteiger charge is -2.44. The summed E-state index contributed by atoms with van der Waals surface area (Å²) in [6.07, 6.45) is 2.07. The molecule has 3 saturated heterocycles. The number of hydrogen-bond acceptors (Lipinski definition) is 5. The van der Waals surface area contributed by atoms with Crippen LogP contribution in [0, 0.1) is 18.8 Å². The van der Waals surface area contributed by atoms with Crippen molar-refractivity contribution in [3.63, 3.8) is 0 Å². The molecule has 3 aliphatic heterocycles. The van der Waals surface area contributed by atoms with Crippen LogP contribution in [0.2, 0.25) is 0 Å². The van der Waals surface area contributed by atoms with Crippen LogP contribution in [-0.2, 0) is 4.74 Å². The van der Waals surface area contributed by atoms with Crippen LogP contribution >= 0.6 is 23.7 Å². The molecule has 140 valence electrons. The Morgan fingerprint density at radius 2 is 2.12 bits per heavy atom. The molecule has 1 atom stereocenters. The molecule has 1 aromatic heterocycles. The van der Waals surface area contributed by atoms with Gasteiger partial charge in [0.15, 0.2) is 5.82 Å². The lowest BCUT2D eigenvalue weighted by atomic mass is 9.79. The lowest BCUT2D eigenvalue weighted by Crippen LogP contribution is -2.49. The molecule has 0 saturated carbocycles. The molecule has 3 fully saturated rings. The summed E-state index contributed by atoms with van der Waals surface area (Å²) in [5, 5.41) is 2.82. The van der Waals surface area contributed by atoms with Gasteiger partial charge in [0.2, 0.25) is 0 Å². The number of benzene rings is 1. The molecule has 1 amide bonds. The topological polar surface area (TPSA) is 54.5 Å². The van der Waals surface area contributed by atoms with Crippen LogP contribution in [-0.4, -0.2) is 42.2 Å². The molecular weight excluding hydrogens is 370 g/mol. The Morgan fingerprint density at radius 1 is 1.35 bits per heavy atom. The first-order chi connectivity index (χ1) is 12.2. The van der Waals surface area contributed by atoms with Gasteiger partial charge in [-0.05, 0) is 49.9 Å². The minimum atomic E-state index is -0.405. The van der Waals surface area contributed by atoms with Gasteiger partial charge in [0.1, 0.15) is 0 Å². The minimum absolute atomic E-state index is 0. The molecule has 0 radical (unpaired) electrons. The summed E-state index contributed by atoms with van der Waals surface area (Å²) >= 11 is 1.53. The first-order valence-corrected chi connectivity index (χ1v) is 9.74. The normalized spacial score (nSPS) is 24.0. The van der Waals surface area contributed by atoms with Gasteiger partial charge in [-0.15, -0.1) is 23.7 Å². The molecule has 4 heterocycles. The van der Waals surface area contributed by atoms with Crippen LogP contribution in [0.25, 0.3) is 10.4 Å². The van der Waals surface area contributed by atoms with Gasteiger partial charge in [-0.25, -0.2) is 9.78 Å². The van der Waals surface area contributed by atoms with Crippen molar-refractivity contribution in [2.75, 3.05) is 31.6 Å². The standard InChI is InChI=1S/C19H23N3O2S.ClH/c1-13-4-2-3-5-16(13)17-18(20-12-25-17)21-19(23)24-11-15-10-22-8-6-14(15)7-9-22;/h2-5,12,14-15H,6-11H2,1H3,(H,21,23);1H. The number of halogens is 1. The predicted octanol–water partition coefficient (Wildman–Crippen LogP) is 4.43. The maximum Gasteiger partial charge on any atom is 0.412 e. The third-order valence-corrected chi connectivity index (χ3v) is 6.26. The number of thiazole rings is 1. The molecule has 2 bridgehead atoms. The first kappa shape index (κ1) is 19.1. The van der Waals surface area contributed by atoms with Crippen LogP contribution in [0.5, 0.6) is 0 Å². The number of nitrogens with zero attached hydrogens (tertiary/aromatic N) is 2. The third-order valence-electron chi connectivity index (χ3n) is 5.40. The van der Waals surface area contributed by atoms with E-state index in [1.54, 1.807) is 5.51 Å². The van der Waals surface area contributed by atoms with Gasteiger partial charge in [-0.3, -0.25) is 5.32 Å². The van der Waals surface area contributed by atoms with Crippen molar-refractivity contribution in [2.45, 2.75) is 19.8 Å². The Balaban J connectivity index is 0.00000196. The molecule has 3 aliphatic rings. The van der Waals surface area contributed by atoms with Crippen molar-refractivity contribution in [1.82, 2.24) is 9.88 Å². The molecule has 2 aromatic rings. The number of carbonyl (C=O) groups is 1. The van der Waals surface area contributed by atoms with Gasteiger partial charge < -0.3 is 9.64 Å². The summed E-state index contributed by atoms with van der Waals surface area (Å²) in [7, 11) is 0. The molecule has 26 heavy (non-hydrogen) atoms. The lowest BCUT2D eigenvalue weighted by molar-refractivity contribution is 0.0151. The summed E-state index contributed by atoms with van der Waals surface area (Å²) in [6, 6.07) is 8.11. The van der Waals surface area contributed by atoms with E-state index in [9.17, 15) is 4.79 Å². The summed E-state index contributed by atoms with van der Waals surface area (Å²) in [6.45, 7) is 6.02. The Hall–Kier alpha value is -1.63. The fourth-order valence-corrected chi connectivity index (χ4v) is 4.78. The molecular formula is C19H24ClN3O2S. The van der Waals surface area contributed by atoms with Crippen LogP contribution < -0.4 is 5.32 Å². The zero-order valence-corrected chi connectivity index (χ0v) is 16.4. The quantitative estimate of drug-likeness (QED) is 0.834. The second-order valence-corrected chi connectivity index (χ2v) is 7.82. The summed E-state index contributed by atoms with van der Waals surface area (Å²) in [5.74, 6) is 1.76. The van der Waals surface area contributed by atoms with Gasteiger partial charge in [-0.1, -0.05) is 24.3 Å². The van der Waals surface area contributed by atoms with E-state index in [4.69, 9.17) is 4.74 Å². The number of fused-ring (bicyclic) bond motifs is 3. The highest BCUT2D eigenvalue weighted by Crippen LogP contribution is 2.34. The molecule has 1 aromatic carbocycles. The van der Waals surface area contributed by atoms with Gasteiger partial charge in [0, 0.05) is 12.5 Å². The first-order valence-electron chi connectivity index (χ1n) is 8.86. The van der Waals surface area contributed by atoms with Crippen LogP contribution in [0.15, 0.2) is 29.8 Å². The maximum absolute atomic E-state index is 12.2. The van der Waals surface area contributed by atoms with E-state index in [2.05, 4.69) is 28.2 Å². The predicted molar refractivity (Wildman–Crippen MR) is 107 cm³/mol. The number of rotatable bonds is 4. The molecule has 1 unspecified atom stereocenters. The average molecular weight is 394 g/mol. The van der Waals surface area contributed by atoms with E-state index in [1.165, 1.54) is 37.3 Å². The van der Waals surface area contributed by atoms with Crippen molar-refractivity contribution in [3.05, 3.63) is 35.3 Å². The fraction of sp³-hybridized carbons (Fsp3) is 0.474. The van der Waals surface area contributed by atoms with Gasteiger partial charge in [0.25, 0.3) is 0 Å². The number of anilines is 1. The van der Waals surface area contributed by atoms with Gasteiger partial charge >= 0.3 is 6.09 Å². The van der Waals surface area contributed by atoms with Gasteiger partial charge in [0.05, 0.1) is 17.0 Å². The van der Waals surface area contributed by atoms with E-state index < -0.39 is 6.09 Å². The number of nitrogens with one attached hydrogen (secondary N) is 1. The van der Waals surface area contributed by atoms with E-state index >= 15 is 0 Å². The van der Waals surface area contributed by atoms with Crippen LogP contribution in [0.4, 0.5) is 10.6 Å². The molecule has 5 rings (SSSR count). The second kappa shape index (κ2) is 8.37. The van der Waals surface area contributed by atoms with Crippen LogP contribution in [0.3, 0.4) is 0 Å². The minimum Gasteiger partial charge on any atom is -0.449 e. The smallest absolute Gasteiger partial charge is 0.412 e. The zero-order valence-electron chi connectivity index (χ0n) is 14.8. The Bertz CT molecular complexity index is 759. The molecule has 0 aliphatic carbocycles. The Morgan fingerprint density at radius 3 is 2.81 bits per heavy atom. The molecule has 0 spiro atoms. The van der Waals surface area contributed by atoms with Crippen LogP contribution in [0.1, 0.15) is 18.4 Å². The number of ether oxygens (including phenoxy) is 1. The fourth-order valence-electron chi connectivity index (χ4n) is 3.95. The Kier molecular flexibility index (Phi) is 6.16. The maximum atomic E-state index is 12.2.